The molecule has 3 heteroatoms. The highest BCUT2D eigenvalue weighted by atomic mass is 16.5. The molecular weight excluding hydrogens is 286 g/mol. The van der Waals surface area contributed by atoms with Crippen molar-refractivity contribution in [2.75, 3.05) is 13.7 Å². The highest BCUT2D eigenvalue weighted by molar-refractivity contribution is 5.76. The first-order valence-electron chi connectivity index (χ1n) is 8.13. The van der Waals surface area contributed by atoms with E-state index in [1.165, 1.54) is 11.1 Å². The van der Waals surface area contributed by atoms with E-state index in [9.17, 15) is 4.79 Å². The van der Waals surface area contributed by atoms with Gasteiger partial charge in [-0.25, -0.2) is 0 Å². The van der Waals surface area contributed by atoms with Crippen molar-refractivity contribution in [3.05, 3.63) is 65.2 Å². The van der Waals surface area contributed by atoms with Crippen molar-refractivity contribution in [3.63, 3.8) is 0 Å². The Morgan fingerprint density at radius 1 is 1.04 bits per heavy atom. The van der Waals surface area contributed by atoms with Crippen LogP contribution in [0.15, 0.2) is 48.5 Å². The van der Waals surface area contributed by atoms with E-state index in [-0.39, 0.29) is 5.91 Å². The van der Waals surface area contributed by atoms with Gasteiger partial charge in [0.1, 0.15) is 5.75 Å². The van der Waals surface area contributed by atoms with Crippen molar-refractivity contribution in [1.82, 2.24) is 5.32 Å². The quantitative estimate of drug-likeness (QED) is 0.755. The molecule has 0 aliphatic rings. The summed E-state index contributed by atoms with van der Waals surface area (Å²) in [6, 6.07) is 16.4. The van der Waals surface area contributed by atoms with Gasteiger partial charge in [0, 0.05) is 13.0 Å². The third-order valence-electron chi connectivity index (χ3n) is 3.91. The number of carbonyl (C=O) groups is 1. The number of methoxy groups -OCH3 is 1. The zero-order valence-electron chi connectivity index (χ0n) is 14.0. The number of hydrogen-bond donors (Lipinski definition) is 1. The topological polar surface area (TPSA) is 38.3 Å². The lowest BCUT2D eigenvalue weighted by molar-refractivity contribution is -0.121. The van der Waals surface area contributed by atoms with Gasteiger partial charge in [0.15, 0.2) is 0 Å². The number of carbonyl (C=O) groups excluding carboxylic acids is 1. The van der Waals surface area contributed by atoms with Gasteiger partial charge in [-0.3, -0.25) is 4.79 Å². The van der Waals surface area contributed by atoms with Crippen molar-refractivity contribution in [2.45, 2.75) is 32.6 Å². The molecule has 0 spiro atoms. The van der Waals surface area contributed by atoms with Crippen LogP contribution in [0.3, 0.4) is 0 Å². The molecule has 0 saturated heterocycles. The fraction of sp³-hybridized carbons (Fsp3) is 0.350. The summed E-state index contributed by atoms with van der Waals surface area (Å²) in [4.78, 5) is 11.9. The van der Waals surface area contributed by atoms with Gasteiger partial charge in [-0.2, -0.15) is 0 Å². The Morgan fingerprint density at radius 3 is 2.52 bits per heavy atom. The minimum Gasteiger partial charge on any atom is -0.496 e. The van der Waals surface area contributed by atoms with Gasteiger partial charge in [-0.1, -0.05) is 42.5 Å². The Hall–Kier alpha value is -2.29. The second-order valence-corrected chi connectivity index (χ2v) is 5.74. The highest BCUT2D eigenvalue weighted by Gasteiger charge is 2.04. The van der Waals surface area contributed by atoms with Crippen molar-refractivity contribution in [1.29, 1.82) is 0 Å². The molecule has 1 N–H and O–H groups in total. The zero-order chi connectivity index (χ0) is 16.5. The normalized spacial score (nSPS) is 10.3. The summed E-state index contributed by atoms with van der Waals surface area (Å²) in [5, 5.41) is 3.00. The molecule has 0 aliphatic heterocycles. The van der Waals surface area contributed by atoms with Crippen LogP contribution >= 0.6 is 0 Å². The molecule has 2 rings (SSSR count). The van der Waals surface area contributed by atoms with Gasteiger partial charge in [-0.05, 0) is 48.9 Å². The fourth-order valence-corrected chi connectivity index (χ4v) is 2.61. The summed E-state index contributed by atoms with van der Waals surface area (Å²) < 4.78 is 5.25. The average Bonchev–Trinajstić information content (AvgIpc) is 2.58. The maximum Gasteiger partial charge on any atom is 0.220 e. The Balaban J connectivity index is 1.66. The third-order valence-corrected chi connectivity index (χ3v) is 3.91. The van der Waals surface area contributed by atoms with Crippen molar-refractivity contribution in [2.24, 2.45) is 0 Å². The number of aryl methyl sites for hydroxylation is 3. The van der Waals surface area contributed by atoms with Gasteiger partial charge in [-0.15, -0.1) is 0 Å². The smallest absolute Gasteiger partial charge is 0.220 e. The van der Waals surface area contributed by atoms with Gasteiger partial charge >= 0.3 is 0 Å². The van der Waals surface area contributed by atoms with Crippen LogP contribution in [0.4, 0.5) is 0 Å². The van der Waals surface area contributed by atoms with E-state index >= 15 is 0 Å². The third kappa shape index (κ3) is 5.78. The first kappa shape index (κ1) is 17.1. The predicted octanol–water partition coefficient (Wildman–Crippen LogP) is 3.69. The lowest BCUT2D eigenvalue weighted by atomic mass is 10.1. The maximum atomic E-state index is 11.9. The number of ether oxygens (including phenoxy) is 1. The molecule has 3 nitrogen and oxygen atoms in total. The number of amides is 1. The first-order chi connectivity index (χ1) is 11.2. The Bertz CT molecular complexity index is 623. The van der Waals surface area contributed by atoms with Gasteiger partial charge in [0.05, 0.1) is 7.11 Å². The van der Waals surface area contributed by atoms with Gasteiger partial charge < -0.3 is 10.1 Å². The number of rotatable bonds is 8. The van der Waals surface area contributed by atoms with Crippen LogP contribution in [0.25, 0.3) is 0 Å². The predicted molar refractivity (Wildman–Crippen MR) is 93.8 cm³/mol. The molecule has 0 atom stereocenters. The zero-order valence-corrected chi connectivity index (χ0v) is 14.0. The van der Waals surface area contributed by atoms with Crippen LogP contribution in [0.2, 0.25) is 0 Å². The monoisotopic (exact) mass is 311 g/mol. The second-order valence-electron chi connectivity index (χ2n) is 5.74. The summed E-state index contributed by atoms with van der Waals surface area (Å²) in [7, 11) is 1.67. The molecule has 1 amide bonds. The Morgan fingerprint density at radius 2 is 1.83 bits per heavy atom. The van der Waals surface area contributed by atoms with Crippen LogP contribution in [-0.4, -0.2) is 19.6 Å². The van der Waals surface area contributed by atoms with Crippen LogP contribution in [0.5, 0.6) is 5.75 Å². The summed E-state index contributed by atoms with van der Waals surface area (Å²) in [6.07, 6.45) is 3.25. The molecule has 0 saturated carbocycles. The molecule has 2 aromatic carbocycles. The van der Waals surface area contributed by atoms with Gasteiger partial charge in [0.25, 0.3) is 0 Å². The largest absolute Gasteiger partial charge is 0.496 e. The molecule has 0 aliphatic carbocycles. The standard InChI is InChI=1S/C20H25NO2/c1-16-15-18(10-12-19(16)23-2)11-13-20(22)21-14-6-9-17-7-4-3-5-8-17/h3-5,7-8,10,12,15H,6,9,11,13-14H2,1-2H3,(H,21,22). The molecule has 0 aromatic heterocycles. The molecule has 23 heavy (non-hydrogen) atoms. The maximum absolute atomic E-state index is 11.9. The molecule has 0 unspecified atom stereocenters. The average molecular weight is 311 g/mol. The van der Waals surface area contributed by atoms with Gasteiger partial charge in [0.2, 0.25) is 5.91 Å². The summed E-state index contributed by atoms with van der Waals surface area (Å²) >= 11 is 0. The van der Waals surface area contributed by atoms with Crippen LogP contribution < -0.4 is 10.1 Å². The SMILES string of the molecule is COc1ccc(CCC(=O)NCCCc2ccccc2)cc1C. The van der Waals surface area contributed by atoms with E-state index in [1.807, 2.05) is 37.3 Å². The second kappa shape index (κ2) is 8.99. The van der Waals surface area contributed by atoms with Crippen LogP contribution in [0.1, 0.15) is 29.5 Å². The van der Waals surface area contributed by atoms with E-state index in [1.54, 1.807) is 7.11 Å². The Labute approximate surface area is 138 Å². The minimum atomic E-state index is 0.117. The molecule has 0 fully saturated rings. The van der Waals surface area contributed by atoms with E-state index < -0.39 is 0 Å². The number of benzene rings is 2. The molecular formula is C20H25NO2. The van der Waals surface area contributed by atoms with E-state index in [0.29, 0.717) is 6.42 Å². The van der Waals surface area contributed by atoms with Crippen molar-refractivity contribution >= 4 is 5.91 Å². The van der Waals surface area contributed by atoms with Crippen molar-refractivity contribution < 1.29 is 9.53 Å². The van der Waals surface area contributed by atoms with E-state index in [2.05, 4.69) is 23.5 Å². The van der Waals surface area contributed by atoms with Crippen molar-refractivity contribution in [3.8, 4) is 5.75 Å². The molecule has 2 aromatic rings. The molecule has 0 bridgehead atoms. The van der Waals surface area contributed by atoms with E-state index in [0.717, 1.165) is 37.1 Å². The number of nitrogens with one attached hydrogen (secondary N) is 1. The van der Waals surface area contributed by atoms with Crippen LogP contribution in [0, 0.1) is 6.92 Å². The molecule has 0 radical (unpaired) electrons. The first-order valence-corrected chi connectivity index (χ1v) is 8.13. The van der Waals surface area contributed by atoms with Crippen LogP contribution in [-0.2, 0) is 17.6 Å². The fourth-order valence-electron chi connectivity index (χ4n) is 2.61. The van der Waals surface area contributed by atoms with E-state index in [4.69, 9.17) is 4.74 Å². The number of hydrogen-bond acceptors (Lipinski definition) is 2. The Kier molecular flexibility index (Phi) is 6.67. The lowest BCUT2D eigenvalue weighted by Crippen LogP contribution is -2.24. The minimum absolute atomic E-state index is 0.117. The summed E-state index contributed by atoms with van der Waals surface area (Å²) in [5.74, 6) is 1.01. The highest BCUT2D eigenvalue weighted by Crippen LogP contribution is 2.19. The lowest BCUT2D eigenvalue weighted by Gasteiger charge is -2.08. The molecule has 0 heterocycles. The summed E-state index contributed by atoms with van der Waals surface area (Å²) in [6.45, 7) is 2.75. The molecule has 122 valence electrons. The summed E-state index contributed by atoms with van der Waals surface area (Å²) in [5.41, 5.74) is 3.59.